The van der Waals surface area contributed by atoms with Crippen molar-refractivity contribution in [2.75, 3.05) is 6.54 Å². The molecule has 0 radical (unpaired) electrons. The van der Waals surface area contributed by atoms with Gasteiger partial charge in [-0.3, -0.25) is 19.1 Å². The summed E-state index contributed by atoms with van der Waals surface area (Å²) >= 11 is 1.36. The maximum absolute atomic E-state index is 12.3. The number of aromatic nitrogens is 3. The van der Waals surface area contributed by atoms with Crippen molar-refractivity contribution in [2.45, 2.75) is 13.5 Å². The number of carbonyl (C=O) groups is 1. The van der Waals surface area contributed by atoms with Gasteiger partial charge in [0.25, 0.3) is 11.5 Å². The Kier molecular flexibility index (Phi) is 4.07. The highest BCUT2D eigenvalue weighted by Gasteiger charge is 2.11. The van der Waals surface area contributed by atoms with Crippen LogP contribution in [0.2, 0.25) is 0 Å². The first-order chi connectivity index (χ1) is 11.1. The number of thiophene rings is 1. The van der Waals surface area contributed by atoms with E-state index in [1.807, 2.05) is 18.4 Å². The standard InChI is InChI=1S/C15H14N4O3S/c1-9-4-8-23-11(9)13(20)17-6-7-19-14(21)10-3-2-5-16-12(10)18-15(19)22/h2-5,8H,6-7H2,1H3,(H,17,20)(H,16,18,22). The van der Waals surface area contributed by atoms with Gasteiger partial charge >= 0.3 is 5.69 Å². The van der Waals surface area contributed by atoms with Crippen LogP contribution in [0.1, 0.15) is 15.2 Å². The smallest absolute Gasteiger partial charge is 0.330 e. The van der Waals surface area contributed by atoms with E-state index in [0.717, 1.165) is 10.1 Å². The van der Waals surface area contributed by atoms with Crippen LogP contribution in [0, 0.1) is 6.92 Å². The van der Waals surface area contributed by atoms with Gasteiger partial charge < -0.3 is 5.32 Å². The highest BCUT2D eigenvalue weighted by Crippen LogP contribution is 2.14. The van der Waals surface area contributed by atoms with E-state index >= 15 is 0 Å². The van der Waals surface area contributed by atoms with Gasteiger partial charge in [0.1, 0.15) is 5.65 Å². The molecule has 3 aromatic heterocycles. The van der Waals surface area contributed by atoms with Gasteiger partial charge in [0.2, 0.25) is 0 Å². The van der Waals surface area contributed by atoms with Crippen molar-refractivity contribution in [1.29, 1.82) is 0 Å². The summed E-state index contributed by atoms with van der Waals surface area (Å²) < 4.78 is 1.06. The van der Waals surface area contributed by atoms with Gasteiger partial charge in [-0.05, 0) is 36.1 Å². The highest BCUT2D eigenvalue weighted by atomic mass is 32.1. The third-order valence-corrected chi connectivity index (χ3v) is 4.46. The summed E-state index contributed by atoms with van der Waals surface area (Å²) in [6.45, 7) is 2.14. The molecule has 2 N–H and O–H groups in total. The first-order valence-corrected chi connectivity index (χ1v) is 7.86. The molecule has 0 aliphatic rings. The molecule has 3 heterocycles. The zero-order chi connectivity index (χ0) is 16.4. The number of rotatable bonds is 4. The van der Waals surface area contributed by atoms with Gasteiger partial charge in [-0.15, -0.1) is 11.3 Å². The van der Waals surface area contributed by atoms with E-state index in [0.29, 0.717) is 10.3 Å². The minimum atomic E-state index is -0.539. The fourth-order valence-electron chi connectivity index (χ4n) is 2.25. The lowest BCUT2D eigenvalue weighted by Gasteiger charge is -2.07. The molecule has 0 spiro atoms. The summed E-state index contributed by atoms with van der Waals surface area (Å²) in [5.74, 6) is -0.204. The predicted octanol–water partition coefficient (Wildman–Crippen LogP) is 0.885. The molecule has 0 aromatic carbocycles. The Morgan fingerprint density at radius 3 is 2.96 bits per heavy atom. The molecule has 1 amide bonds. The van der Waals surface area contributed by atoms with Crippen LogP contribution in [-0.4, -0.2) is 27.0 Å². The number of aromatic amines is 1. The first-order valence-electron chi connectivity index (χ1n) is 6.98. The third kappa shape index (κ3) is 2.93. The molecule has 0 aliphatic heterocycles. The Balaban J connectivity index is 1.78. The van der Waals surface area contributed by atoms with Gasteiger partial charge in [-0.25, -0.2) is 9.78 Å². The zero-order valence-corrected chi connectivity index (χ0v) is 13.1. The van der Waals surface area contributed by atoms with Gasteiger partial charge in [-0.2, -0.15) is 0 Å². The van der Waals surface area contributed by atoms with E-state index in [-0.39, 0.29) is 24.6 Å². The fourth-order valence-corrected chi connectivity index (χ4v) is 3.10. The molecule has 118 valence electrons. The second kappa shape index (κ2) is 6.17. The highest BCUT2D eigenvalue weighted by molar-refractivity contribution is 7.12. The number of carbonyl (C=O) groups excluding carboxylic acids is 1. The van der Waals surface area contributed by atoms with E-state index in [4.69, 9.17) is 0 Å². The Bertz CT molecular complexity index is 986. The molecule has 0 aliphatic carbocycles. The maximum Gasteiger partial charge on any atom is 0.330 e. The molecule has 3 rings (SSSR count). The van der Waals surface area contributed by atoms with Crippen LogP contribution >= 0.6 is 11.3 Å². The van der Waals surface area contributed by atoms with Crippen LogP contribution in [0.3, 0.4) is 0 Å². The van der Waals surface area contributed by atoms with Crippen LogP contribution in [0.25, 0.3) is 11.0 Å². The molecule has 3 aromatic rings. The lowest BCUT2D eigenvalue weighted by atomic mass is 10.3. The van der Waals surface area contributed by atoms with Crippen molar-refractivity contribution >= 4 is 28.3 Å². The molecule has 23 heavy (non-hydrogen) atoms. The summed E-state index contributed by atoms with van der Waals surface area (Å²) in [5.41, 5.74) is 0.206. The van der Waals surface area contributed by atoms with Gasteiger partial charge in [0.05, 0.1) is 10.3 Å². The van der Waals surface area contributed by atoms with E-state index in [2.05, 4.69) is 15.3 Å². The van der Waals surface area contributed by atoms with Gasteiger partial charge in [0.15, 0.2) is 0 Å². The van der Waals surface area contributed by atoms with Crippen LogP contribution in [0.5, 0.6) is 0 Å². The average Bonchev–Trinajstić information content (AvgIpc) is 2.96. The minimum absolute atomic E-state index is 0.0924. The Morgan fingerprint density at radius 2 is 2.22 bits per heavy atom. The maximum atomic E-state index is 12.3. The van der Waals surface area contributed by atoms with E-state index in [1.54, 1.807) is 12.1 Å². The van der Waals surface area contributed by atoms with Crippen LogP contribution in [0.4, 0.5) is 0 Å². The Morgan fingerprint density at radius 1 is 1.39 bits per heavy atom. The molecule has 0 saturated carbocycles. The number of amides is 1. The number of hydrogen-bond acceptors (Lipinski definition) is 5. The van der Waals surface area contributed by atoms with Crippen LogP contribution < -0.4 is 16.6 Å². The van der Waals surface area contributed by atoms with E-state index in [9.17, 15) is 14.4 Å². The number of hydrogen-bond donors (Lipinski definition) is 2. The number of nitrogens with zero attached hydrogens (tertiary/aromatic N) is 2. The van der Waals surface area contributed by atoms with Crippen molar-refractivity contribution in [2.24, 2.45) is 0 Å². The number of aryl methyl sites for hydroxylation is 1. The molecular formula is C15H14N4O3S. The molecular weight excluding hydrogens is 316 g/mol. The number of pyridine rings is 1. The van der Waals surface area contributed by atoms with Crippen molar-refractivity contribution < 1.29 is 4.79 Å². The van der Waals surface area contributed by atoms with Crippen molar-refractivity contribution in [3.63, 3.8) is 0 Å². The fraction of sp³-hybridized carbons (Fsp3) is 0.200. The topological polar surface area (TPSA) is 96.8 Å². The number of H-pyrrole nitrogens is 1. The largest absolute Gasteiger partial charge is 0.350 e. The number of nitrogens with one attached hydrogen (secondary N) is 2. The Hall–Kier alpha value is -2.74. The predicted molar refractivity (Wildman–Crippen MR) is 88.0 cm³/mol. The monoisotopic (exact) mass is 330 g/mol. The third-order valence-electron chi connectivity index (χ3n) is 3.44. The average molecular weight is 330 g/mol. The lowest BCUT2D eigenvalue weighted by molar-refractivity contribution is 0.0955. The lowest BCUT2D eigenvalue weighted by Crippen LogP contribution is -2.39. The van der Waals surface area contributed by atoms with Gasteiger partial charge in [-0.1, -0.05) is 0 Å². The van der Waals surface area contributed by atoms with Crippen molar-refractivity contribution in [3.05, 3.63) is 61.1 Å². The molecule has 0 saturated heterocycles. The van der Waals surface area contributed by atoms with Crippen molar-refractivity contribution in [1.82, 2.24) is 19.9 Å². The quantitative estimate of drug-likeness (QED) is 0.742. The second-order valence-electron chi connectivity index (χ2n) is 4.98. The van der Waals surface area contributed by atoms with E-state index in [1.165, 1.54) is 17.5 Å². The molecule has 0 atom stereocenters. The minimum Gasteiger partial charge on any atom is -0.350 e. The van der Waals surface area contributed by atoms with Crippen LogP contribution in [-0.2, 0) is 6.54 Å². The summed E-state index contributed by atoms with van der Waals surface area (Å²) in [5, 5.41) is 4.90. The second-order valence-corrected chi connectivity index (χ2v) is 5.89. The summed E-state index contributed by atoms with van der Waals surface area (Å²) in [6, 6.07) is 5.10. The zero-order valence-electron chi connectivity index (χ0n) is 12.3. The molecule has 7 nitrogen and oxygen atoms in total. The molecule has 8 heteroatoms. The summed E-state index contributed by atoms with van der Waals surface area (Å²) in [7, 11) is 0. The Labute approximate surface area is 134 Å². The number of fused-ring (bicyclic) bond motifs is 1. The summed E-state index contributed by atoms with van der Waals surface area (Å²) in [6.07, 6.45) is 1.51. The SMILES string of the molecule is Cc1ccsc1C(=O)NCCn1c(=O)[nH]c2ncccc2c1=O. The van der Waals surface area contributed by atoms with Gasteiger partial charge in [0, 0.05) is 19.3 Å². The molecule has 0 fully saturated rings. The first kappa shape index (κ1) is 15.2. The van der Waals surface area contributed by atoms with E-state index < -0.39 is 11.2 Å². The summed E-state index contributed by atoms with van der Waals surface area (Å²) in [4.78, 5) is 43.4. The van der Waals surface area contributed by atoms with Crippen molar-refractivity contribution in [3.8, 4) is 0 Å². The van der Waals surface area contributed by atoms with Crippen LogP contribution in [0.15, 0.2) is 39.4 Å². The molecule has 0 unspecified atom stereocenters. The normalized spacial score (nSPS) is 10.8. The molecule has 0 bridgehead atoms.